The second-order valence-electron chi connectivity index (χ2n) is 13.8. The first-order valence-corrected chi connectivity index (χ1v) is 17.8. The standard InChI is InChI=1S/C38H47N3O6/c1-4-27-28-20-26(47-36(43)24-12-7-8-14-25(15-11-13-24)40-18-9-6-10-19-40)16-17-32(28)39-34-29(27)22-41-33(34)21-31-30(35(41)42)23-46-37(44)38(31,5-2)45-3/h16-17,20-21,24-25H,4-15,18-19,22-23H2,1-3H3. The lowest BCUT2D eigenvalue weighted by Crippen LogP contribution is -2.45. The van der Waals surface area contributed by atoms with Crippen LogP contribution in [0, 0.1) is 5.92 Å². The number of likely N-dealkylation sites (tertiary alicyclic amines) is 1. The molecule has 0 radical (unpaired) electrons. The van der Waals surface area contributed by atoms with E-state index in [9.17, 15) is 14.4 Å². The number of carbonyl (C=O) groups excluding carboxylic acids is 2. The molecule has 3 unspecified atom stereocenters. The number of piperidine rings is 1. The van der Waals surface area contributed by atoms with Gasteiger partial charge in [0.15, 0.2) is 5.60 Å². The summed E-state index contributed by atoms with van der Waals surface area (Å²) in [5.74, 6) is -0.152. The number of aryl methyl sites for hydroxylation is 1. The molecule has 5 heterocycles. The van der Waals surface area contributed by atoms with E-state index in [1.165, 1.54) is 58.7 Å². The molecule has 2 aromatic heterocycles. The number of cyclic esters (lactones) is 1. The Labute approximate surface area is 276 Å². The zero-order chi connectivity index (χ0) is 32.7. The largest absolute Gasteiger partial charge is 0.458 e. The lowest BCUT2D eigenvalue weighted by atomic mass is 9.85. The van der Waals surface area contributed by atoms with Crippen molar-refractivity contribution in [2.75, 3.05) is 20.2 Å². The summed E-state index contributed by atoms with van der Waals surface area (Å²) in [7, 11) is 1.48. The number of nitrogens with zero attached hydrogens (tertiary/aromatic N) is 3. The average molecular weight is 642 g/mol. The first-order chi connectivity index (χ1) is 22.9. The monoisotopic (exact) mass is 641 g/mol. The van der Waals surface area contributed by atoms with Gasteiger partial charge in [0.2, 0.25) is 0 Å². The van der Waals surface area contributed by atoms with Crippen molar-refractivity contribution in [2.24, 2.45) is 5.92 Å². The zero-order valence-electron chi connectivity index (χ0n) is 28.1. The molecule has 1 saturated carbocycles. The number of rotatable bonds is 6. The van der Waals surface area contributed by atoms with Gasteiger partial charge in [0, 0.05) is 29.7 Å². The van der Waals surface area contributed by atoms with E-state index in [-0.39, 0.29) is 24.1 Å². The fraction of sp³-hybridized carbons (Fsp3) is 0.579. The third kappa shape index (κ3) is 5.59. The maximum Gasteiger partial charge on any atom is 0.343 e. The van der Waals surface area contributed by atoms with Crippen molar-refractivity contribution in [1.29, 1.82) is 0 Å². The summed E-state index contributed by atoms with van der Waals surface area (Å²) >= 11 is 0. The van der Waals surface area contributed by atoms with Crippen molar-refractivity contribution in [3.8, 4) is 17.1 Å². The highest BCUT2D eigenvalue weighted by atomic mass is 16.6. The Bertz CT molecular complexity index is 1750. The average Bonchev–Trinajstić information content (AvgIpc) is 3.51. The van der Waals surface area contributed by atoms with E-state index in [0.29, 0.717) is 41.6 Å². The van der Waals surface area contributed by atoms with Crippen molar-refractivity contribution in [3.63, 3.8) is 0 Å². The molecule has 9 nitrogen and oxygen atoms in total. The van der Waals surface area contributed by atoms with Crippen molar-refractivity contribution in [3.05, 3.63) is 56.9 Å². The summed E-state index contributed by atoms with van der Waals surface area (Å²) in [6.07, 6.45) is 12.5. The molecule has 0 spiro atoms. The highest BCUT2D eigenvalue weighted by Crippen LogP contribution is 2.42. The van der Waals surface area contributed by atoms with Gasteiger partial charge < -0.3 is 23.7 Å². The van der Waals surface area contributed by atoms with Crippen LogP contribution in [-0.2, 0) is 44.2 Å². The molecule has 0 bridgehead atoms. The Kier molecular flexibility index (Phi) is 8.96. The molecule has 3 aromatic rings. The Morgan fingerprint density at radius 1 is 0.979 bits per heavy atom. The lowest BCUT2D eigenvalue weighted by molar-refractivity contribution is -0.176. The van der Waals surface area contributed by atoms with Crippen LogP contribution in [0.4, 0.5) is 0 Å². The second kappa shape index (κ2) is 13.2. The van der Waals surface area contributed by atoms with Crippen LogP contribution in [-0.4, -0.2) is 52.6 Å². The van der Waals surface area contributed by atoms with Crippen molar-refractivity contribution < 1.29 is 23.8 Å². The zero-order valence-corrected chi connectivity index (χ0v) is 28.1. The first-order valence-electron chi connectivity index (χ1n) is 17.8. The van der Waals surface area contributed by atoms with Gasteiger partial charge in [-0.1, -0.05) is 39.5 Å². The molecule has 47 heavy (non-hydrogen) atoms. The SMILES string of the molecule is CCc1c2c(nc3ccc(OC(=O)C4CCCCC(N5CCCCC5)CCC4)cc13)-c1cc3c(c(=O)n1C2)COC(=O)C3(CC)OC. The highest BCUT2D eigenvalue weighted by Gasteiger charge is 2.47. The minimum atomic E-state index is -1.32. The molecule has 3 atom stereocenters. The lowest BCUT2D eigenvalue weighted by Gasteiger charge is -2.35. The van der Waals surface area contributed by atoms with Crippen molar-refractivity contribution in [1.82, 2.24) is 14.5 Å². The number of ether oxygens (including phenoxy) is 3. The molecule has 7 rings (SSSR count). The van der Waals surface area contributed by atoms with Crippen LogP contribution in [0.2, 0.25) is 0 Å². The maximum atomic E-state index is 13.8. The maximum absolute atomic E-state index is 13.8. The van der Waals surface area contributed by atoms with Crippen LogP contribution in [0.25, 0.3) is 22.3 Å². The normalized spacial score (nSPS) is 24.8. The molecule has 9 heteroatoms. The van der Waals surface area contributed by atoms with E-state index in [1.807, 2.05) is 31.2 Å². The molecule has 4 aliphatic rings. The Balaban J connectivity index is 1.15. The highest BCUT2D eigenvalue weighted by molar-refractivity contribution is 5.90. The predicted octanol–water partition coefficient (Wildman–Crippen LogP) is 6.42. The van der Waals surface area contributed by atoms with Crippen molar-refractivity contribution in [2.45, 2.75) is 116 Å². The van der Waals surface area contributed by atoms with Crippen LogP contribution in [0.1, 0.15) is 107 Å². The van der Waals surface area contributed by atoms with E-state index in [4.69, 9.17) is 19.2 Å². The number of hydrogen-bond donors (Lipinski definition) is 0. The van der Waals surface area contributed by atoms with E-state index in [2.05, 4.69) is 11.8 Å². The molecule has 3 aliphatic heterocycles. The Morgan fingerprint density at radius 3 is 2.51 bits per heavy atom. The molecule has 1 saturated heterocycles. The van der Waals surface area contributed by atoms with Crippen LogP contribution in [0.5, 0.6) is 5.75 Å². The summed E-state index contributed by atoms with van der Waals surface area (Å²) in [5, 5.41) is 0.930. The second-order valence-corrected chi connectivity index (χ2v) is 13.8. The minimum absolute atomic E-state index is 0.0699. The van der Waals surface area contributed by atoms with Gasteiger partial charge in [-0.05, 0) is 94.3 Å². The van der Waals surface area contributed by atoms with Gasteiger partial charge in [0.25, 0.3) is 5.56 Å². The van der Waals surface area contributed by atoms with Crippen LogP contribution < -0.4 is 10.3 Å². The number of aromatic nitrogens is 2. The van der Waals surface area contributed by atoms with Crippen LogP contribution in [0.15, 0.2) is 29.1 Å². The van der Waals surface area contributed by atoms with Gasteiger partial charge in [-0.2, -0.15) is 0 Å². The molecule has 1 aliphatic carbocycles. The summed E-state index contributed by atoms with van der Waals surface area (Å²) in [6, 6.07) is 8.24. The summed E-state index contributed by atoms with van der Waals surface area (Å²) in [4.78, 5) is 48.0. The van der Waals surface area contributed by atoms with Gasteiger partial charge in [-0.3, -0.25) is 9.59 Å². The Hall–Kier alpha value is -3.56. The fourth-order valence-corrected chi connectivity index (χ4v) is 8.68. The number of hydrogen-bond acceptors (Lipinski definition) is 8. The van der Waals surface area contributed by atoms with E-state index >= 15 is 0 Å². The molecule has 2 fully saturated rings. The number of fused-ring (bicyclic) bond motifs is 5. The number of carbonyl (C=O) groups is 2. The topological polar surface area (TPSA) is 100.0 Å². The number of pyridine rings is 2. The molecule has 0 N–H and O–H groups in total. The van der Waals surface area contributed by atoms with Crippen LogP contribution in [0.3, 0.4) is 0 Å². The summed E-state index contributed by atoms with van der Waals surface area (Å²) in [5.41, 5.74) is 3.78. The smallest absolute Gasteiger partial charge is 0.343 e. The number of benzene rings is 1. The first kappa shape index (κ1) is 32.0. The van der Waals surface area contributed by atoms with Gasteiger partial charge in [-0.15, -0.1) is 0 Å². The third-order valence-electron chi connectivity index (χ3n) is 11.3. The Morgan fingerprint density at radius 2 is 1.74 bits per heavy atom. The quantitative estimate of drug-likeness (QED) is 0.176. The molecule has 0 amide bonds. The van der Waals surface area contributed by atoms with E-state index < -0.39 is 11.6 Å². The summed E-state index contributed by atoms with van der Waals surface area (Å²) in [6.45, 7) is 6.72. The van der Waals surface area contributed by atoms with E-state index in [0.717, 1.165) is 59.8 Å². The summed E-state index contributed by atoms with van der Waals surface area (Å²) < 4.78 is 19.0. The van der Waals surface area contributed by atoms with Crippen LogP contribution >= 0.6 is 0 Å². The molecule has 1 aromatic carbocycles. The van der Waals surface area contributed by atoms with E-state index in [1.54, 1.807) is 4.57 Å². The fourth-order valence-electron chi connectivity index (χ4n) is 8.68. The number of methoxy groups -OCH3 is 1. The van der Waals surface area contributed by atoms with Crippen molar-refractivity contribution >= 4 is 22.8 Å². The van der Waals surface area contributed by atoms with Gasteiger partial charge in [0.1, 0.15) is 12.4 Å². The molecular weight excluding hydrogens is 594 g/mol. The predicted molar refractivity (Wildman–Crippen MR) is 179 cm³/mol. The third-order valence-corrected chi connectivity index (χ3v) is 11.3. The van der Waals surface area contributed by atoms with Gasteiger partial charge in [0.05, 0.1) is 34.9 Å². The molecular formula is C38H47N3O6. The van der Waals surface area contributed by atoms with Gasteiger partial charge in [-0.25, -0.2) is 9.78 Å². The minimum Gasteiger partial charge on any atom is -0.458 e. The number of esters is 2. The van der Waals surface area contributed by atoms with Gasteiger partial charge >= 0.3 is 11.9 Å². The molecule has 250 valence electrons.